The Morgan fingerprint density at radius 1 is 1.06 bits per heavy atom. The Morgan fingerprint density at radius 2 is 1.71 bits per heavy atom. The van der Waals surface area contributed by atoms with Crippen LogP contribution in [0.2, 0.25) is 0 Å². The van der Waals surface area contributed by atoms with Crippen molar-refractivity contribution in [3.63, 3.8) is 0 Å². The molecule has 0 radical (unpaired) electrons. The lowest BCUT2D eigenvalue weighted by atomic mass is 10.0. The van der Waals surface area contributed by atoms with Crippen LogP contribution in [0.1, 0.15) is 24.2 Å². The van der Waals surface area contributed by atoms with E-state index in [9.17, 15) is 19.2 Å². The Bertz CT molecular complexity index is 1080. The number of nitrogens with zero attached hydrogens (tertiary/aromatic N) is 1. The fourth-order valence-corrected chi connectivity index (χ4v) is 3.42. The fourth-order valence-electron chi connectivity index (χ4n) is 3.42. The van der Waals surface area contributed by atoms with Crippen molar-refractivity contribution in [3.05, 3.63) is 48.0 Å². The van der Waals surface area contributed by atoms with Crippen LogP contribution in [0.5, 0.6) is 11.5 Å². The average molecular weight is 469 g/mol. The first kappa shape index (κ1) is 24.6. The standard InChI is InChI=1S/C24H27N3O7/c1-14(2)22(26-23(30)15-9-16(32-3)11-17(10-15)33-4)24(31)34-13-21(29)27-12-20(28)25-18-7-5-6-8-19(18)27/h5-11,14,22H,12-13H2,1-4H3,(H,25,28)(H,26,30)/t22-/m0/s1. The molecule has 10 nitrogen and oxygen atoms in total. The molecule has 0 unspecified atom stereocenters. The van der Waals surface area contributed by atoms with Crippen LogP contribution < -0.4 is 25.0 Å². The van der Waals surface area contributed by atoms with E-state index in [1.54, 1.807) is 44.2 Å². The zero-order valence-corrected chi connectivity index (χ0v) is 19.4. The highest BCUT2D eigenvalue weighted by atomic mass is 16.5. The summed E-state index contributed by atoms with van der Waals surface area (Å²) in [4.78, 5) is 51.5. The summed E-state index contributed by atoms with van der Waals surface area (Å²) in [5.74, 6) is -1.67. The highest BCUT2D eigenvalue weighted by molar-refractivity contribution is 6.10. The van der Waals surface area contributed by atoms with E-state index in [-0.39, 0.29) is 23.9 Å². The van der Waals surface area contributed by atoms with Gasteiger partial charge in [-0.2, -0.15) is 0 Å². The zero-order valence-electron chi connectivity index (χ0n) is 19.4. The second-order valence-electron chi connectivity index (χ2n) is 7.95. The molecule has 2 aromatic rings. The largest absolute Gasteiger partial charge is 0.497 e. The Hall–Kier alpha value is -4.08. The Kier molecular flexibility index (Phi) is 7.72. The maximum Gasteiger partial charge on any atom is 0.329 e. The van der Waals surface area contributed by atoms with Crippen molar-refractivity contribution in [1.82, 2.24) is 5.32 Å². The average Bonchev–Trinajstić information content (AvgIpc) is 2.84. The zero-order chi connectivity index (χ0) is 24.8. The SMILES string of the molecule is COc1cc(OC)cc(C(=O)N[C@H](C(=O)OCC(=O)N2CC(=O)Nc3ccccc32)C(C)C)c1. The summed E-state index contributed by atoms with van der Waals surface area (Å²) in [6.45, 7) is 2.72. The Balaban J connectivity index is 1.67. The van der Waals surface area contributed by atoms with Gasteiger partial charge < -0.3 is 24.8 Å². The third-order valence-corrected chi connectivity index (χ3v) is 5.23. The van der Waals surface area contributed by atoms with Gasteiger partial charge in [0.15, 0.2) is 6.61 Å². The molecule has 0 saturated carbocycles. The highest BCUT2D eigenvalue weighted by Crippen LogP contribution is 2.29. The number of ether oxygens (including phenoxy) is 3. The van der Waals surface area contributed by atoms with Gasteiger partial charge in [0.25, 0.3) is 11.8 Å². The summed E-state index contributed by atoms with van der Waals surface area (Å²) in [6.07, 6.45) is 0. The summed E-state index contributed by atoms with van der Waals surface area (Å²) in [6, 6.07) is 10.5. The number of rotatable bonds is 8. The number of carbonyl (C=O) groups is 4. The van der Waals surface area contributed by atoms with Crippen molar-refractivity contribution in [3.8, 4) is 11.5 Å². The number of nitrogens with one attached hydrogen (secondary N) is 2. The first-order valence-electron chi connectivity index (χ1n) is 10.6. The summed E-state index contributed by atoms with van der Waals surface area (Å²) in [5.41, 5.74) is 1.25. The maximum absolute atomic E-state index is 12.8. The molecule has 0 aliphatic carbocycles. The van der Waals surface area contributed by atoms with Crippen molar-refractivity contribution < 1.29 is 33.4 Å². The van der Waals surface area contributed by atoms with E-state index in [1.165, 1.54) is 31.3 Å². The number of hydrogen-bond donors (Lipinski definition) is 2. The second-order valence-corrected chi connectivity index (χ2v) is 7.95. The number of amides is 3. The topological polar surface area (TPSA) is 123 Å². The van der Waals surface area contributed by atoms with Gasteiger partial charge in [0.2, 0.25) is 5.91 Å². The smallest absolute Gasteiger partial charge is 0.329 e. The quantitative estimate of drug-likeness (QED) is 0.567. The minimum atomic E-state index is -1.01. The van der Waals surface area contributed by atoms with Crippen LogP contribution >= 0.6 is 0 Å². The van der Waals surface area contributed by atoms with Crippen LogP contribution in [0.4, 0.5) is 11.4 Å². The van der Waals surface area contributed by atoms with E-state index in [4.69, 9.17) is 14.2 Å². The molecule has 3 amide bonds. The number of esters is 1. The first-order chi connectivity index (χ1) is 16.2. The van der Waals surface area contributed by atoms with E-state index in [1.807, 2.05) is 0 Å². The molecule has 0 aromatic heterocycles. The predicted octanol–water partition coefficient (Wildman–Crippen LogP) is 1.99. The Labute approximate surface area is 197 Å². The number of hydrogen-bond acceptors (Lipinski definition) is 7. The van der Waals surface area contributed by atoms with Gasteiger partial charge in [-0.25, -0.2) is 4.79 Å². The van der Waals surface area contributed by atoms with Crippen LogP contribution in [-0.2, 0) is 19.1 Å². The van der Waals surface area contributed by atoms with Crippen molar-refractivity contribution >= 4 is 35.1 Å². The molecule has 0 bridgehead atoms. The normalized spacial score (nSPS) is 13.4. The van der Waals surface area contributed by atoms with Gasteiger partial charge in [-0.3, -0.25) is 19.3 Å². The predicted molar refractivity (Wildman–Crippen MR) is 124 cm³/mol. The number of fused-ring (bicyclic) bond motifs is 1. The van der Waals surface area contributed by atoms with Crippen LogP contribution in [0.15, 0.2) is 42.5 Å². The highest BCUT2D eigenvalue weighted by Gasteiger charge is 2.30. The van der Waals surface area contributed by atoms with Crippen LogP contribution in [0, 0.1) is 5.92 Å². The molecule has 2 N–H and O–H groups in total. The van der Waals surface area contributed by atoms with Crippen LogP contribution in [0.25, 0.3) is 0 Å². The molecule has 1 heterocycles. The molecular weight excluding hydrogens is 442 g/mol. The van der Waals surface area contributed by atoms with Gasteiger partial charge in [0.05, 0.1) is 25.6 Å². The molecular formula is C24H27N3O7. The first-order valence-corrected chi connectivity index (χ1v) is 10.6. The van der Waals surface area contributed by atoms with Crippen LogP contribution in [0.3, 0.4) is 0 Å². The monoisotopic (exact) mass is 469 g/mol. The third-order valence-electron chi connectivity index (χ3n) is 5.23. The molecule has 0 saturated heterocycles. The van der Waals surface area contributed by atoms with Crippen molar-refractivity contribution in [2.24, 2.45) is 5.92 Å². The summed E-state index contributed by atoms with van der Waals surface area (Å²) in [5, 5.41) is 5.34. The second kappa shape index (κ2) is 10.7. The molecule has 1 aliphatic rings. The number of carbonyl (C=O) groups excluding carboxylic acids is 4. The Morgan fingerprint density at radius 3 is 2.32 bits per heavy atom. The van der Waals surface area contributed by atoms with E-state index < -0.39 is 30.4 Å². The number of methoxy groups -OCH3 is 2. The molecule has 1 aliphatic heterocycles. The molecule has 0 spiro atoms. The molecule has 1 atom stereocenters. The van der Waals surface area contributed by atoms with Gasteiger partial charge in [-0.1, -0.05) is 26.0 Å². The minimum absolute atomic E-state index is 0.185. The fraction of sp³-hybridized carbons (Fsp3) is 0.333. The summed E-state index contributed by atoms with van der Waals surface area (Å²) < 4.78 is 15.6. The van der Waals surface area contributed by atoms with E-state index in [2.05, 4.69) is 10.6 Å². The lowest BCUT2D eigenvalue weighted by Crippen LogP contribution is -2.47. The third kappa shape index (κ3) is 5.64. The molecule has 180 valence electrons. The van der Waals surface area contributed by atoms with Crippen LogP contribution in [-0.4, -0.2) is 57.1 Å². The molecule has 3 rings (SSSR count). The lowest BCUT2D eigenvalue weighted by molar-refractivity contribution is -0.150. The minimum Gasteiger partial charge on any atom is -0.497 e. The van der Waals surface area contributed by atoms with Crippen molar-refractivity contribution in [2.45, 2.75) is 19.9 Å². The van der Waals surface area contributed by atoms with Gasteiger partial charge in [-0.15, -0.1) is 0 Å². The van der Waals surface area contributed by atoms with E-state index in [0.717, 1.165) is 0 Å². The molecule has 2 aromatic carbocycles. The number of benzene rings is 2. The molecule has 34 heavy (non-hydrogen) atoms. The van der Waals surface area contributed by atoms with E-state index in [0.29, 0.717) is 22.9 Å². The summed E-state index contributed by atoms with van der Waals surface area (Å²) >= 11 is 0. The lowest BCUT2D eigenvalue weighted by Gasteiger charge is -2.29. The van der Waals surface area contributed by atoms with Gasteiger partial charge in [0, 0.05) is 11.6 Å². The maximum atomic E-state index is 12.8. The van der Waals surface area contributed by atoms with Crippen molar-refractivity contribution in [2.75, 3.05) is 37.6 Å². The number of para-hydroxylation sites is 2. The van der Waals surface area contributed by atoms with Gasteiger partial charge in [0.1, 0.15) is 24.1 Å². The summed E-state index contributed by atoms with van der Waals surface area (Å²) in [7, 11) is 2.93. The van der Waals surface area contributed by atoms with Gasteiger partial charge in [-0.05, 0) is 30.2 Å². The molecule has 10 heteroatoms. The molecule has 0 fully saturated rings. The number of anilines is 2. The van der Waals surface area contributed by atoms with Gasteiger partial charge >= 0.3 is 5.97 Å². The van der Waals surface area contributed by atoms with Crippen molar-refractivity contribution in [1.29, 1.82) is 0 Å². The van der Waals surface area contributed by atoms with E-state index >= 15 is 0 Å².